The predicted molar refractivity (Wildman–Crippen MR) is 113 cm³/mol. The molecule has 5 nitrogen and oxygen atoms in total. The first-order chi connectivity index (χ1) is 15.3. The van der Waals surface area contributed by atoms with E-state index >= 15 is 0 Å². The van der Waals surface area contributed by atoms with Gasteiger partial charge in [0.2, 0.25) is 0 Å². The first kappa shape index (κ1) is 22.0. The number of benzene rings is 2. The Hall–Kier alpha value is -3.21. The molecule has 1 heterocycles. The summed E-state index contributed by atoms with van der Waals surface area (Å²) in [4.78, 5) is 17.2. The third kappa shape index (κ3) is 4.52. The molecule has 2 aliphatic rings. The minimum Gasteiger partial charge on any atom is -0.477 e. The lowest BCUT2D eigenvalue weighted by Crippen LogP contribution is -2.57. The number of carbonyl (C=O) groups is 1. The molecule has 1 aliphatic carbocycles. The normalized spacial score (nSPS) is 18.3. The van der Waals surface area contributed by atoms with Crippen molar-refractivity contribution in [3.63, 3.8) is 0 Å². The molecular weight excluding hydrogens is 419 g/mol. The second-order valence-corrected chi connectivity index (χ2v) is 8.26. The average molecular weight is 443 g/mol. The number of halogens is 3. The quantitative estimate of drug-likeness (QED) is 0.692. The minimum atomic E-state index is -4.35. The molecular formula is C24H24F3N3O2. The fourth-order valence-electron chi connectivity index (χ4n) is 4.45. The monoisotopic (exact) mass is 443 g/mol. The summed E-state index contributed by atoms with van der Waals surface area (Å²) in [6.45, 7) is 2.06. The number of hydrogen-bond acceptors (Lipinski definition) is 4. The van der Waals surface area contributed by atoms with E-state index in [-0.39, 0.29) is 5.91 Å². The number of anilines is 1. The van der Waals surface area contributed by atoms with Crippen molar-refractivity contribution in [2.45, 2.75) is 37.5 Å². The number of ether oxygens (including phenoxy) is 1. The van der Waals surface area contributed by atoms with Crippen LogP contribution in [0.3, 0.4) is 0 Å². The van der Waals surface area contributed by atoms with Crippen molar-refractivity contribution in [1.29, 1.82) is 5.26 Å². The summed E-state index contributed by atoms with van der Waals surface area (Å²) in [5.74, 6) is 0.536. The van der Waals surface area contributed by atoms with Gasteiger partial charge in [0.15, 0.2) is 5.60 Å². The van der Waals surface area contributed by atoms with E-state index in [2.05, 4.69) is 6.07 Å². The number of nitrogens with zero attached hydrogens (tertiary/aromatic N) is 3. The van der Waals surface area contributed by atoms with E-state index in [1.165, 1.54) is 12.1 Å². The van der Waals surface area contributed by atoms with Crippen molar-refractivity contribution in [3.05, 3.63) is 59.7 Å². The van der Waals surface area contributed by atoms with E-state index in [0.29, 0.717) is 50.3 Å². The molecule has 32 heavy (non-hydrogen) atoms. The maximum absolute atomic E-state index is 13.5. The summed E-state index contributed by atoms with van der Waals surface area (Å²) < 4.78 is 44.6. The summed E-state index contributed by atoms with van der Waals surface area (Å²) in [5, 5.41) is 8.97. The molecule has 4 rings (SSSR count). The van der Waals surface area contributed by atoms with Crippen LogP contribution in [0.5, 0.6) is 5.75 Å². The van der Waals surface area contributed by atoms with E-state index in [1.54, 1.807) is 29.2 Å². The first-order valence-electron chi connectivity index (χ1n) is 10.7. The minimum absolute atomic E-state index is 0.0357. The Morgan fingerprint density at radius 3 is 2.06 bits per heavy atom. The van der Waals surface area contributed by atoms with E-state index in [9.17, 15) is 18.0 Å². The molecule has 0 unspecified atom stereocenters. The van der Waals surface area contributed by atoms with Crippen molar-refractivity contribution < 1.29 is 22.7 Å². The van der Waals surface area contributed by atoms with Crippen LogP contribution in [0.1, 0.15) is 36.8 Å². The zero-order chi connectivity index (χ0) is 22.8. The Morgan fingerprint density at radius 2 is 1.53 bits per heavy atom. The molecule has 0 atom stereocenters. The Balaban J connectivity index is 1.41. The highest BCUT2D eigenvalue weighted by Crippen LogP contribution is 2.37. The lowest BCUT2D eigenvalue weighted by molar-refractivity contribution is -0.148. The van der Waals surface area contributed by atoms with E-state index in [1.807, 2.05) is 4.90 Å². The predicted octanol–water partition coefficient (Wildman–Crippen LogP) is 4.62. The van der Waals surface area contributed by atoms with Gasteiger partial charge in [-0.1, -0.05) is 0 Å². The molecule has 168 valence electrons. The SMILES string of the molecule is N#Cc1ccc(OC2(C(=O)N3CCN(c4ccc(C(F)(F)F)cc4)CC3)CCCC2)cc1. The molecule has 0 spiro atoms. The van der Waals surface area contributed by atoms with Gasteiger partial charge in [-0.15, -0.1) is 0 Å². The van der Waals surface area contributed by atoms with Gasteiger partial charge in [-0.3, -0.25) is 4.79 Å². The molecule has 0 bridgehead atoms. The molecule has 8 heteroatoms. The summed E-state index contributed by atoms with van der Waals surface area (Å²) in [6.07, 6.45) is -1.24. The van der Waals surface area contributed by atoms with Crippen LogP contribution in [-0.2, 0) is 11.0 Å². The lowest BCUT2D eigenvalue weighted by Gasteiger charge is -2.40. The van der Waals surface area contributed by atoms with Gasteiger partial charge in [0.1, 0.15) is 5.75 Å². The van der Waals surface area contributed by atoms with E-state index in [4.69, 9.17) is 10.00 Å². The number of amides is 1. The van der Waals surface area contributed by atoms with Gasteiger partial charge < -0.3 is 14.5 Å². The number of nitriles is 1. The topological polar surface area (TPSA) is 56.6 Å². The molecule has 1 aliphatic heterocycles. The van der Waals surface area contributed by atoms with Crippen LogP contribution in [0.25, 0.3) is 0 Å². The standard InChI is InChI=1S/C24H24F3N3O2/c25-24(26,27)19-5-7-20(8-6-19)29-13-15-30(16-14-29)22(31)23(11-1-2-12-23)32-21-9-3-18(17-28)4-10-21/h3-10H,1-2,11-16H2. The molecule has 2 aromatic rings. The second kappa shape index (κ2) is 8.73. The summed E-state index contributed by atoms with van der Waals surface area (Å²) in [5.41, 5.74) is -0.318. The highest BCUT2D eigenvalue weighted by molar-refractivity contribution is 5.86. The van der Waals surface area contributed by atoms with Crippen molar-refractivity contribution in [3.8, 4) is 11.8 Å². The van der Waals surface area contributed by atoms with Crippen molar-refractivity contribution in [2.75, 3.05) is 31.1 Å². The maximum Gasteiger partial charge on any atom is 0.416 e. The van der Waals surface area contributed by atoms with Gasteiger partial charge in [-0.25, -0.2) is 0 Å². The molecule has 0 aromatic heterocycles. The number of carbonyl (C=O) groups excluding carboxylic acids is 1. The van der Waals surface area contributed by atoms with Crippen LogP contribution >= 0.6 is 0 Å². The van der Waals surface area contributed by atoms with Crippen LogP contribution in [0, 0.1) is 11.3 Å². The molecule has 1 saturated carbocycles. The summed E-state index contributed by atoms with van der Waals surface area (Å²) in [6, 6.07) is 14.0. The van der Waals surface area contributed by atoms with Gasteiger partial charge in [0.25, 0.3) is 5.91 Å². The van der Waals surface area contributed by atoms with Gasteiger partial charge in [0.05, 0.1) is 17.2 Å². The Kier molecular flexibility index (Phi) is 6.00. The lowest BCUT2D eigenvalue weighted by atomic mass is 9.99. The zero-order valence-corrected chi connectivity index (χ0v) is 17.6. The maximum atomic E-state index is 13.5. The Labute approximate surface area is 185 Å². The van der Waals surface area contributed by atoms with Crippen LogP contribution in [0.15, 0.2) is 48.5 Å². The third-order valence-electron chi connectivity index (χ3n) is 6.22. The van der Waals surface area contributed by atoms with Crippen LogP contribution in [0.4, 0.5) is 18.9 Å². The average Bonchev–Trinajstić information content (AvgIpc) is 3.28. The number of hydrogen-bond donors (Lipinski definition) is 0. The number of alkyl halides is 3. The highest BCUT2D eigenvalue weighted by Gasteiger charge is 2.46. The third-order valence-corrected chi connectivity index (χ3v) is 6.22. The van der Waals surface area contributed by atoms with Crippen LogP contribution in [0.2, 0.25) is 0 Å². The van der Waals surface area contributed by atoms with Gasteiger partial charge >= 0.3 is 6.18 Å². The summed E-state index contributed by atoms with van der Waals surface area (Å²) in [7, 11) is 0. The first-order valence-corrected chi connectivity index (χ1v) is 10.7. The van der Waals surface area contributed by atoms with Crippen LogP contribution in [-0.4, -0.2) is 42.6 Å². The molecule has 0 N–H and O–H groups in total. The van der Waals surface area contributed by atoms with Crippen molar-refractivity contribution in [1.82, 2.24) is 4.90 Å². The molecule has 2 aromatic carbocycles. The van der Waals surface area contributed by atoms with Gasteiger partial charge in [-0.05, 0) is 74.2 Å². The zero-order valence-electron chi connectivity index (χ0n) is 17.6. The Morgan fingerprint density at radius 1 is 0.938 bits per heavy atom. The largest absolute Gasteiger partial charge is 0.477 e. The molecule has 1 amide bonds. The molecule has 0 radical (unpaired) electrons. The fourth-order valence-corrected chi connectivity index (χ4v) is 4.45. The number of piperazine rings is 1. The van der Waals surface area contributed by atoms with E-state index < -0.39 is 17.3 Å². The summed E-state index contributed by atoms with van der Waals surface area (Å²) >= 11 is 0. The van der Waals surface area contributed by atoms with Gasteiger partial charge in [0, 0.05) is 31.9 Å². The van der Waals surface area contributed by atoms with Crippen molar-refractivity contribution >= 4 is 11.6 Å². The van der Waals surface area contributed by atoms with Crippen LogP contribution < -0.4 is 9.64 Å². The molecule has 1 saturated heterocycles. The molecule has 2 fully saturated rings. The van der Waals surface area contributed by atoms with E-state index in [0.717, 1.165) is 30.7 Å². The number of rotatable bonds is 4. The second-order valence-electron chi connectivity index (χ2n) is 8.26. The van der Waals surface area contributed by atoms with Gasteiger partial charge in [-0.2, -0.15) is 18.4 Å². The van der Waals surface area contributed by atoms with Crippen molar-refractivity contribution in [2.24, 2.45) is 0 Å². The Bertz CT molecular complexity index is 983. The fraction of sp³-hybridized carbons (Fsp3) is 0.417. The smallest absolute Gasteiger partial charge is 0.416 e. The highest BCUT2D eigenvalue weighted by atomic mass is 19.4.